The van der Waals surface area contributed by atoms with Crippen LogP contribution in [0.25, 0.3) is 0 Å². The lowest BCUT2D eigenvalue weighted by molar-refractivity contribution is -0.118. The van der Waals surface area contributed by atoms with Crippen molar-refractivity contribution < 1.29 is 4.79 Å². The maximum Gasteiger partial charge on any atom is 0.217 e. The van der Waals surface area contributed by atoms with E-state index in [-0.39, 0.29) is 11.4 Å². The lowest BCUT2D eigenvalue weighted by atomic mass is 10.1. The summed E-state index contributed by atoms with van der Waals surface area (Å²) < 4.78 is 0. The summed E-state index contributed by atoms with van der Waals surface area (Å²) in [6, 6.07) is 0. The minimum Gasteiger partial charge on any atom is -0.370 e. The molecule has 0 saturated heterocycles. The van der Waals surface area contributed by atoms with Crippen LogP contribution in [0.5, 0.6) is 0 Å². The fraction of sp³-hybridized carbons (Fsp3) is 0.800. The Kier molecular flexibility index (Phi) is 5.74. The van der Waals surface area contributed by atoms with Crippen molar-refractivity contribution in [2.24, 2.45) is 16.5 Å². The van der Waals surface area contributed by atoms with Crippen LogP contribution in [-0.4, -0.2) is 24.0 Å². The van der Waals surface area contributed by atoms with Gasteiger partial charge in [0, 0.05) is 18.5 Å². The molecule has 5 heteroatoms. The number of hydrogen-bond donors (Lipinski definition) is 3. The monoisotopic (exact) mass is 214 g/mol. The second kappa shape index (κ2) is 6.27. The highest BCUT2D eigenvalue weighted by Gasteiger charge is 2.09. The molecule has 5 N–H and O–H groups in total. The minimum atomic E-state index is -0.264. The van der Waals surface area contributed by atoms with E-state index in [1.807, 2.05) is 20.8 Å². The molecule has 0 fully saturated rings. The first-order valence-electron chi connectivity index (χ1n) is 5.17. The molecule has 0 saturated carbocycles. The predicted molar refractivity (Wildman–Crippen MR) is 62.4 cm³/mol. The highest BCUT2D eigenvalue weighted by molar-refractivity contribution is 5.78. The molecule has 0 aliphatic heterocycles. The maximum atomic E-state index is 10.4. The Hall–Kier alpha value is -1.26. The molecule has 88 valence electrons. The smallest absolute Gasteiger partial charge is 0.217 e. The number of amides is 1. The maximum absolute atomic E-state index is 10.4. The zero-order chi connectivity index (χ0) is 11.9. The molecule has 0 aliphatic rings. The van der Waals surface area contributed by atoms with Gasteiger partial charge in [-0.2, -0.15) is 0 Å². The molecular weight excluding hydrogens is 192 g/mol. The molecule has 0 aromatic rings. The fourth-order valence-electron chi connectivity index (χ4n) is 1.03. The molecule has 5 nitrogen and oxygen atoms in total. The second-order valence-electron chi connectivity index (χ2n) is 4.57. The standard InChI is InChI=1S/C10H22N4O/c1-10(2,3)14-9(12)13-7-5-4-6-8(11)15/h4-7H2,1-3H3,(H2,11,15)(H3,12,13,14). The molecule has 15 heavy (non-hydrogen) atoms. The number of aliphatic imine (C=N–C) groups is 1. The van der Waals surface area contributed by atoms with Gasteiger partial charge in [0.05, 0.1) is 0 Å². The topological polar surface area (TPSA) is 93.5 Å². The lowest BCUT2D eigenvalue weighted by Gasteiger charge is -2.20. The average Bonchev–Trinajstić information content (AvgIpc) is 1.99. The summed E-state index contributed by atoms with van der Waals surface area (Å²) in [4.78, 5) is 14.6. The second-order valence-corrected chi connectivity index (χ2v) is 4.57. The van der Waals surface area contributed by atoms with Crippen LogP contribution in [0, 0.1) is 0 Å². The van der Waals surface area contributed by atoms with Crippen molar-refractivity contribution in [3.05, 3.63) is 0 Å². The number of nitrogens with one attached hydrogen (secondary N) is 1. The van der Waals surface area contributed by atoms with Crippen molar-refractivity contribution in [3.8, 4) is 0 Å². The van der Waals surface area contributed by atoms with Crippen molar-refractivity contribution >= 4 is 11.9 Å². The Bertz CT molecular complexity index is 230. The third-order valence-electron chi connectivity index (χ3n) is 1.62. The van der Waals surface area contributed by atoms with Crippen LogP contribution in [0.15, 0.2) is 4.99 Å². The van der Waals surface area contributed by atoms with Gasteiger partial charge in [0.1, 0.15) is 0 Å². The minimum absolute atomic E-state index is 0.0686. The Morgan fingerprint density at radius 3 is 2.33 bits per heavy atom. The van der Waals surface area contributed by atoms with Gasteiger partial charge in [0.15, 0.2) is 5.96 Å². The Morgan fingerprint density at radius 2 is 1.87 bits per heavy atom. The third kappa shape index (κ3) is 10.7. The molecule has 0 heterocycles. The van der Waals surface area contributed by atoms with Gasteiger partial charge in [-0.05, 0) is 33.6 Å². The van der Waals surface area contributed by atoms with Crippen LogP contribution in [-0.2, 0) is 4.79 Å². The SMILES string of the molecule is CC(C)(C)NC(N)=NCCCCC(N)=O. The average molecular weight is 214 g/mol. The molecule has 1 amide bonds. The molecule has 0 rings (SSSR count). The van der Waals surface area contributed by atoms with Gasteiger partial charge in [-0.15, -0.1) is 0 Å². The van der Waals surface area contributed by atoms with Crippen LogP contribution >= 0.6 is 0 Å². The number of nitrogens with two attached hydrogens (primary N) is 2. The summed E-state index contributed by atoms with van der Waals surface area (Å²) >= 11 is 0. The number of carbonyl (C=O) groups excluding carboxylic acids is 1. The van der Waals surface area contributed by atoms with E-state index in [1.165, 1.54) is 0 Å². The quantitative estimate of drug-likeness (QED) is 0.350. The lowest BCUT2D eigenvalue weighted by Crippen LogP contribution is -2.45. The molecular formula is C10H22N4O. The highest BCUT2D eigenvalue weighted by atomic mass is 16.1. The van der Waals surface area contributed by atoms with Crippen LogP contribution in [0.3, 0.4) is 0 Å². The molecule has 0 spiro atoms. The van der Waals surface area contributed by atoms with Crippen LogP contribution in [0.4, 0.5) is 0 Å². The summed E-state index contributed by atoms with van der Waals surface area (Å²) in [5, 5.41) is 3.05. The zero-order valence-electron chi connectivity index (χ0n) is 9.84. The van der Waals surface area contributed by atoms with E-state index in [9.17, 15) is 4.79 Å². The number of unbranched alkanes of at least 4 members (excludes halogenated alkanes) is 1. The number of nitrogens with zero attached hydrogens (tertiary/aromatic N) is 1. The first-order chi connectivity index (χ1) is 6.81. The van der Waals surface area contributed by atoms with E-state index in [2.05, 4.69) is 10.3 Å². The van der Waals surface area contributed by atoms with Gasteiger partial charge in [0.2, 0.25) is 5.91 Å². The van der Waals surface area contributed by atoms with Crippen molar-refractivity contribution in [2.75, 3.05) is 6.54 Å². The summed E-state index contributed by atoms with van der Waals surface area (Å²) in [5.74, 6) is 0.182. The van der Waals surface area contributed by atoms with Crippen molar-refractivity contribution in [1.82, 2.24) is 5.32 Å². The molecule has 0 aromatic carbocycles. The first kappa shape index (κ1) is 13.7. The van der Waals surface area contributed by atoms with Crippen LogP contribution in [0.1, 0.15) is 40.0 Å². The Morgan fingerprint density at radius 1 is 1.27 bits per heavy atom. The Balaban J connectivity index is 3.63. The molecule has 0 radical (unpaired) electrons. The van der Waals surface area contributed by atoms with Gasteiger partial charge >= 0.3 is 0 Å². The highest BCUT2D eigenvalue weighted by Crippen LogP contribution is 1.98. The zero-order valence-corrected chi connectivity index (χ0v) is 9.84. The molecule has 0 bridgehead atoms. The number of rotatable bonds is 5. The largest absolute Gasteiger partial charge is 0.370 e. The van der Waals surface area contributed by atoms with Crippen LogP contribution < -0.4 is 16.8 Å². The van der Waals surface area contributed by atoms with E-state index in [1.54, 1.807) is 0 Å². The molecule has 0 aliphatic carbocycles. The van der Waals surface area contributed by atoms with Gasteiger partial charge in [0.25, 0.3) is 0 Å². The van der Waals surface area contributed by atoms with E-state index >= 15 is 0 Å². The molecule has 0 aromatic heterocycles. The fourth-order valence-corrected chi connectivity index (χ4v) is 1.03. The Labute approximate surface area is 91.3 Å². The van der Waals surface area contributed by atoms with Crippen molar-refractivity contribution in [3.63, 3.8) is 0 Å². The van der Waals surface area contributed by atoms with E-state index < -0.39 is 0 Å². The van der Waals surface area contributed by atoms with Gasteiger partial charge in [-0.25, -0.2) is 0 Å². The number of hydrogen-bond acceptors (Lipinski definition) is 2. The van der Waals surface area contributed by atoms with Gasteiger partial charge in [-0.1, -0.05) is 0 Å². The van der Waals surface area contributed by atoms with Crippen LogP contribution in [0.2, 0.25) is 0 Å². The van der Waals surface area contributed by atoms with Gasteiger partial charge < -0.3 is 16.8 Å². The number of guanidine groups is 1. The van der Waals surface area contributed by atoms with E-state index in [0.29, 0.717) is 18.9 Å². The van der Waals surface area contributed by atoms with Crippen molar-refractivity contribution in [1.29, 1.82) is 0 Å². The number of primary amides is 1. The summed E-state index contributed by atoms with van der Waals surface area (Å²) in [7, 11) is 0. The molecule has 0 unspecified atom stereocenters. The number of carbonyl (C=O) groups is 1. The summed E-state index contributed by atoms with van der Waals surface area (Å²) in [5.41, 5.74) is 10.6. The van der Waals surface area contributed by atoms with Gasteiger partial charge in [-0.3, -0.25) is 9.79 Å². The van der Waals surface area contributed by atoms with Crippen molar-refractivity contribution in [2.45, 2.75) is 45.6 Å². The van der Waals surface area contributed by atoms with E-state index in [4.69, 9.17) is 11.5 Å². The first-order valence-corrected chi connectivity index (χ1v) is 5.17. The summed E-state index contributed by atoms with van der Waals surface area (Å²) in [6.45, 7) is 6.68. The summed E-state index contributed by atoms with van der Waals surface area (Å²) in [6.07, 6.45) is 2.01. The molecule has 0 atom stereocenters. The third-order valence-corrected chi connectivity index (χ3v) is 1.62. The predicted octanol–water partition coefficient (Wildman–Crippen LogP) is 0.345. The normalized spacial score (nSPS) is 12.6. The van der Waals surface area contributed by atoms with E-state index in [0.717, 1.165) is 12.8 Å².